The van der Waals surface area contributed by atoms with Gasteiger partial charge in [-0.1, -0.05) is 49.4 Å². The second-order valence-electron chi connectivity index (χ2n) is 7.99. The van der Waals surface area contributed by atoms with Gasteiger partial charge >= 0.3 is 0 Å². The molecular formula is C25H35IN4O. The minimum absolute atomic E-state index is 0. The van der Waals surface area contributed by atoms with E-state index in [0.717, 1.165) is 44.0 Å². The van der Waals surface area contributed by atoms with Gasteiger partial charge in [0.15, 0.2) is 5.96 Å². The molecule has 0 bridgehead atoms. The van der Waals surface area contributed by atoms with Crippen LogP contribution in [0.4, 0.5) is 0 Å². The number of guanidine groups is 1. The van der Waals surface area contributed by atoms with E-state index in [9.17, 15) is 4.79 Å². The largest absolute Gasteiger partial charge is 0.357 e. The highest BCUT2D eigenvalue weighted by Gasteiger charge is 2.28. The van der Waals surface area contributed by atoms with Crippen molar-refractivity contribution in [3.05, 3.63) is 71.3 Å². The van der Waals surface area contributed by atoms with Gasteiger partial charge in [-0.15, -0.1) is 24.0 Å². The molecule has 2 unspecified atom stereocenters. The van der Waals surface area contributed by atoms with E-state index >= 15 is 0 Å². The number of carbonyl (C=O) groups is 1. The zero-order chi connectivity index (χ0) is 21.3. The number of aliphatic imine (C=N–C) groups is 1. The summed E-state index contributed by atoms with van der Waals surface area (Å²) < 4.78 is 0. The van der Waals surface area contributed by atoms with Crippen molar-refractivity contribution in [2.75, 3.05) is 33.2 Å². The highest BCUT2D eigenvalue weighted by Crippen LogP contribution is 2.32. The molecule has 1 aliphatic rings. The average molecular weight is 534 g/mol. The molecule has 1 heterocycles. The molecule has 6 heteroatoms. The van der Waals surface area contributed by atoms with Crippen LogP contribution in [0, 0.1) is 5.92 Å². The fraction of sp³-hybridized carbons (Fsp3) is 0.440. The van der Waals surface area contributed by atoms with Crippen LogP contribution in [0.5, 0.6) is 0 Å². The van der Waals surface area contributed by atoms with Crippen molar-refractivity contribution < 1.29 is 4.79 Å². The predicted molar refractivity (Wildman–Crippen MR) is 139 cm³/mol. The number of likely N-dealkylation sites (tertiary alicyclic amines) is 1. The lowest BCUT2D eigenvalue weighted by atomic mass is 9.82. The number of benzene rings is 2. The molecule has 0 radical (unpaired) electrons. The lowest BCUT2D eigenvalue weighted by Crippen LogP contribution is -2.48. The Hall–Kier alpha value is -2.09. The molecule has 5 nitrogen and oxygen atoms in total. The highest BCUT2D eigenvalue weighted by molar-refractivity contribution is 14.0. The molecule has 3 rings (SSSR count). The summed E-state index contributed by atoms with van der Waals surface area (Å²) in [5.74, 6) is 2.13. The Balaban J connectivity index is 0.00000341. The summed E-state index contributed by atoms with van der Waals surface area (Å²) in [6, 6.07) is 18.7. The molecule has 0 aromatic heterocycles. The Kier molecular flexibility index (Phi) is 10.3. The molecule has 31 heavy (non-hydrogen) atoms. The molecule has 0 saturated carbocycles. The molecule has 2 aromatic carbocycles. The van der Waals surface area contributed by atoms with Crippen LogP contribution in [0.3, 0.4) is 0 Å². The molecular weight excluding hydrogens is 499 g/mol. The molecule has 1 saturated heterocycles. The van der Waals surface area contributed by atoms with Gasteiger partial charge in [0.1, 0.15) is 0 Å². The normalized spacial score (nSPS) is 18.8. The fourth-order valence-corrected chi connectivity index (χ4v) is 4.26. The monoisotopic (exact) mass is 534 g/mol. The van der Waals surface area contributed by atoms with Crippen LogP contribution in [-0.2, 0) is 6.42 Å². The molecule has 1 fully saturated rings. The first-order valence-corrected chi connectivity index (χ1v) is 11.0. The molecule has 1 aliphatic heterocycles. The van der Waals surface area contributed by atoms with E-state index in [1.54, 1.807) is 7.05 Å². The molecule has 2 atom stereocenters. The summed E-state index contributed by atoms with van der Waals surface area (Å²) in [6.07, 6.45) is 1.96. The van der Waals surface area contributed by atoms with E-state index < -0.39 is 0 Å². The van der Waals surface area contributed by atoms with Crippen molar-refractivity contribution in [3.8, 4) is 0 Å². The molecule has 1 amide bonds. The van der Waals surface area contributed by atoms with E-state index in [1.165, 1.54) is 5.56 Å². The van der Waals surface area contributed by atoms with Gasteiger partial charge in [0, 0.05) is 38.8 Å². The summed E-state index contributed by atoms with van der Waals surface area (Å²) in [5.41, 5.74) is 3.28. The van der Waals surface area contributed by atoms with Crippen LogP contribution in [0.25, 0.3) is 0 Å². The number of carbonyl (C=O) groups excluding carboxylic acids is 1. The smallest absolute Gasteiger partial charge is 0.251 e. The van der Waals surface area contributed by atoms with Gasteiger partial charge in [-0.3, -0.25) is 9.79 Å². The first kappa shape index (κ1) is 25.2. The number of amides is 1. The van der Waals surface area contributed by atoms with Crippen molar-refractivity contribution in [1.29, 1.82) is 0 Å². The highest BCUT2D eigenvalue weighted by atomic mass is 127. The summed E-state index contributed by atoms with van der Waals surface area (Å²) in [4.78, 5) is 19.1. The number of nitrogens with one attached hydrogen (secondary N) is 2. The number of hydrogen-bond donors (Lipinski definition) is 2. The second-order valence-corrected chi connectivity index (χ2v) is 7.99. The first-order chi connectivity index (χ1) is 14.6. The van der Waals surface area contributed by atoms with E-state index in [1.807, 2.05) is 18.2 Å². The van der Waals surface area contributed by atoms with Gasteiger partial charge in [-0.05, 0) is 54.9 Å². The SMILES string of the molecule is CCNC(=NCCc1cccc(C(=O)NC)c1)N1CCC(c2ccccc2)C(C)C1.I. The zero-order valence-corrected chi connectivity index (χ0v) is 21.1. The maximum absolute atomic E-state index is 11.8. The van der Waals surface area contributed by atoms with Gasteiger partial charge in [0.25, 0.3) is 5.91 Å². The molecule has 0 aliphatic carbocycles. The predicted octanol–water partition coefficient (Wildman–Crippen LogP) is 4.30. The third-order valence-electron chi connectivity index (χ3n) is 5.85. The zero-order valence-electron chi connectivity index (χ0n) is 18.8. The summed E-state index contributed by atoms with van der Waals surface area (Å²) in [7, 11) is 1.66. The van der Waals surface area contributed by atoms with Crippen molar-refractivity contribution in [3.63, 3.8) is 0 Å². The van der Waals surface area contributed by atoms with Crippen molar-refractivity contribution >= 4 is 35.8 Å². The lowest BCUT2D eigenvalue weighted by Gasteiger charge is -2.39. The minimum atomic E-state index is -0.0519. The van der Waals surface area contributed by atoms with Crippen LogP contribution in [0.1, 0.15) is 47.7 Å². The standard InChI is InChI=1S/C25H34N4O.HI/c1-4-27-25(28-15-13-20-9-8-12-22(17-20)24(30)26-3)29-16-14-23(19(2)18-29)21-10-6-5-7-11-21;/h5-12,17,19,23H,4,13-16,18H2,1-3H3,(H,26,30)(H,27,28);1H. The van der Waals surface area contributed by atoms with Gasteiger partial charge in [0.2, 0.25) is 0 Å². The van der Waals surface area contributed by atoms with E-state index in [4.69, 9.17) is 4.99 Å². The molecule has 168 valence electrons. The van der Waals surface area contributed by atoms with Crippen molar-refractivity contribution in [2.24, 2.45) is 10.9 Å². The Labute approximate surface area is 203 Å². The number of rotatable bonds is 6. The number of nitrogens with zero attached hydrogens (tertiary/aromatic N) is 2. The molecule has 2 aromatic rings. The van der Waals surface area contributed by atoms with Gasteiger partial charge in [-0.2, -0.15) is 0 Å². The minimum Gasteiger partial charge on any atom is -0.357 e. The summed E-state index contributed by atoms with van der Waals surface area (Å²) >= 11 is 0. The van der Waals surface area contributed by atoms with Crippen LogP contribution < -0.4 is 10.6 Å². The quantitative estimate of drug-likeness (QED) is 0.330. The summed E-state index contributed by atoms with van der Waals surface area (Å²) in [6.45, 7) is 8.05. The van der Waals surface area contributed by atoms with Crippen molar-refractivity contribution in [1.82, 2.24) is 15.5 Å². The van der Waals surface area contributed by atoms with Gasteiger partial charge < -0.3 is 15.5 Å². The molecule has 0 spiro atoms. The Bertz CT molecular complexity index is 856. The fourth-order valence-electron chi connectivity index (χ4n) is 4.26. The lowest BCUT2D eigenvalue weighted by molar-refractivity contribution is 0.0963. The average Bonchev–Trinajstić information content (AvgIpc) is 2.78. The number of hydrogen-bond acceptors (Lipinski definition) is 2. The third kappa shape index (κ3) is 6.95. The van der Waals surface area contributed by atoms with Gasteiger partial charge in [0.05, 0.1) is 0 Å². The van der Waals surface area contributed by atoms with Crippen LogP contribution >= 0.6 is 24.0 Å². The Morgan fingerprint density at radius 3 is 2.61 bits per heavy atom. The van der Waals surface area contributed by atoms with E-state index in [0.29, 0.717) is 23.9 Å². The van der Waals surface area contributed by atoms with Crippen LogP contribution in [0.2, 0.25) is 0 Å². The number of piperidine rings is 1. The van der Waals surface area contributed by atoms with E-state index in [-0.39, 0.29) is 29.9 Å². The third-order valence-corrected chi connectivity index (χ3v) is 5.85. The van der Waals surface area contributed by atoms with Crippen molar-refractivity contribution in [2.45, 2.75) is 32.6 Å². The van der Waals surface area contributed by atoms with Crippen LogP contribution in [0.15, 0.2) is 59.6 Å². The topological polar surface area (TPSA) is 56.7 Å². The maximum atomic E-state index is 11.8. The Morgan fingerprint density at radius 2 is 1.94 bits per heavy atom. The Morgan fingerprint density at radius 1 is 1.16 bits per heavy atom. The first-order valence-electron chi connectivity index (χ1n) is 11.0. The second kappa shape index (κ2) is 12.7. The maximum Gasteiger partial charge on any atom is 0.251 e. The van der Waals surface area contributed by atoms with E-state index in [2.05, 4.69) is 65.8 Å². The molecule has 2 N–H and O–H groups in total. The van der Waals surface area contributed by atoms with Crippen LogP contribution in [-0.4, -0.2) is 50.0 Å². The van der Waals surface area contributed by atoms with Gasteiger partial charge in [-0.25, -0.2) is 0 Å². The number of halogens is 1. The summed E-state index contributed by atoms with van der Waals surface area (Å²) in [5, 5.41) is 6.14.